The van der Waals surface area contributed by atoms with Crippen LogP contribution in [0.5, 0.6) is 5.75 Å². The first-order valence-electron chi connectivity index (χ1n) is 9.65. The maximum Gasteiger partial charge on any atom is 0.255 e. The van der Waals surface area contributed by atoms with E-state index in [-0.39, 0.29) is 11.9 Å². The van der Waals surface area contributed by atoms with Crippen LogP contribution in [0, 0.1) is 0 Å². The van der Waals surface area contributed by atoms with Gasteiger partial charge in [0.15, 0.2) is 5.82 Å². The second-order valence-corrected chi connectivity index (χ2v) is 7.75. The molecular formula is C21H22ClN7O2. The molecule has 3 N–H and O–H groups in total. The van der Waals surface area contributed by atoms with Crippen molar-refractivity contribution < 1.29 is 9.53 Å². The van der Waals surface area contributed by atoms with Gasteiger partial charge in [0.1, 0.15) is 5.75 Å². The molecule has 0 aliphatic rings. The fourth-order valence-electron chi connectivity index (χ4n) is 3.19. The predicted octanol–water partition coefficient (Wildman–Crippen LogP) is 3.90. The van der Waals surface area contributed by atoms with Crippen LogP contribution in [0.4, 0.5) is 11.6 Å². The lowest BCUT2D eigenvalue weighted by molar-refractivity contribution is 0.0940. The molecule has 0 atom stereocenters. The molecule has 0 bridgehead atoms. The molecule has 4 rings (SSSR count). The van der Waals surface area contributed by atoms with Gasteiger partial charge in [0.05, 0.1) is 29.4 Å². The number of carbonyl (C=O) groups excluding carboxylic acids is 1. The number of halogens is 1. The fourth-order valence-corrected chi connectivity index (χ4v) is 3.46. The van der Waals surface area contributed by atoms with Crippen molar-refractivity contribution in [2.75, 3.05) is 12.4 Å². The molecule has 0 aliphatic heterocycles. The molecule has 0 unspecified atom stereocenters. The molecule has 0 saturated heterocycles. The number of aryl methyl sites for hydroxylation is 1. The number of benzene rings is 2. The highest BCUT2D eigenvalue weighted by molar-refractivity contribution is 6.35. The molecule has 10 heteroatoms. The van der Waals surface area contributed by atoms with Gasteiger partial charge < -0.3 is 15.4 Å². The zero-order valence-electron chi connectivity index (χ0n) is 17.5. The number of anilines is 2. The topological polar surface area (TPSA) is 110 Å². The second-order valence-electron chi connectivity index (χ2n) is 7.34. The van der Waals surface area contributed by atoms with Crippen LogP contribution < -0.4 is 15.4 Å². The Morgan fingerprint density at radius 1 is 1.26 bits per heavy atom. The van der Waals surface area contributed by atoms with Crippen LogP contribution in [0.2, 0.25) is 5.02 Å². The molecular weight excluding hydrogens is 418 g/mol. The standard InChI is InChI=1S/C21H22ClN7O2/c1-11(2)24-20(30)15-6-5-12(8-17(15)31-4)19-26-21(29(3)28-19)25-14-7-13-10-23-27-18(13)16(22)9-14/h5-11H,1-4H3,(H,23,27)(H,24,30)(H,25,26,28). The molecule has 0 radical (unpaired) electrons. The van der Waals surface area contributed by atoms with Gasteiger partial charge in [-0.1, -0.05) is 17.7 Å². The number of amides is 1. The summed E-state index contributed by atoms with van der Waals surface area (Å²) in [5.41, 5.74) is 2.72. The van der Waals surface area contributed by atoms with E-state index in [4.69, 9.17) is 16.3 Å². The summed E-state index contributed by atoms with van der Waals surface area (Å²) in [5.74, 6) is 1.29. The van der Waals surface area contributed by atoms with Crippen molar-refractivity contribution in [3.63, 3.8) is 0 Å². The Morgan fingerprint density at radius 2 is 2.06 bits per heavy atom. The molecule has 4 aromatic rings. The van der Waals surface area contributed by atoms with Gasteiger partial charge in [0.25, 0.3) is 5.91 Å². The lowest BCUT2D eigenvalue weighted by Crippen LogP contribution is -2.30. The minimum atomic E-state index is -0.193. The Morgan fingerprint density at radius 3 is 2.81 bits per heavy atom. The van der Waals surface area contributed by atoms with E-state index < -0.39 is 0 Å². The Balaban J connectivity index is 1.62. The van der Waals surface area contributed by atoms with E-state index in [2.05, 4.69) is 30.9 Å². The van der Waals surface area contributed by atoms with E-state index in [0.717, 1.165) is 22.2 Å². The van der Waals surface area contributed by atoms with E-state index in [9.17, 15) is 4.79 Å². The number of ether oxygens (including phenoxy) is 1. The van der Waals surface area contributed by atoms with Crippen LogP contribution in [-0.4, -0.2) is 44.0 Å². The summed E-state index contributed by atoms with van der Waals surface area (Å²) >= 11 is 6.32. The highest BCUT2D eigenvalue weighted by Gasteiger charge is 2.17. The van der Waals surface area contributed by atoms with E-state index in [1.54, 1.807) is 42.2 Å². The van der Waals surface area contributed by atoms with E-state index >= 15 is 0 Å². The quantitative estimate of drug-likeness (QED) is 0.420. The Kier molecular flexibility index (Phi) is 5.51. The first-order chi connectivity index (χ1) is 14.9. The van der Waals surface area contributed by atoms with Crippen LogP contribution in [-0.2, 0) is 7.05 Å². The summed E-state index contributed by atoms with van der Waals surface area (Å²) < 4.78 is 7.06. The number of aromatic amines is 1. The highest BCUT2D eigenvalue weighted by Crippen LogP contribution is 2.29. The monoisotopic (exact) mass is 439 g/mol. The zero-order chi connectivity index (χ0) is 22.1. The van der Waals surface area contributed by atoms with Crippen molar-refractivity contribution in [2.45, 2.75) is 19.9 Å². The van der Waals surface area contributed by atoms with Crippen LogP contribution in [0.1, 0.15) is 24.2 Å². The molecule has 0 fully saturated rings. The largest absolute Gasteiger partial charge is 0.496 e. The first-order valence-corrected chi connectivity index (χ1v) is 10.0. The van der Waals surface area contributed by atoms with Crippen molar-refractivity contribution in [2.24, 2.45) is 7.05 Å². The minimum absolute atomic E-state index is 0.0257. The summed E-state index contributed by atoms with van der Waals surface area (Å²) in [4.78, 5) is 17.0. The second kappa shape index (κ2) is 8.27. The molecule has 0 saturated carbocycles. The lowest BCUT2D eigenvalue weighted by atomic mass is 10.1. The normalized spacial score (nSPS) is 11.2. The van der Waals surface area contributed by atoms with E-state index in [1.165, 1.54) is 7.11 Å². The number of nitrogens with one attached hydrogen (secondary N) is 3. The van der Waals surface area contributed by atoms with Crippen LogP contribution in [0.3, 0.4) is 0 Å². The number of fused-ring (bicyclic) bond motifs is 1. The zero-order valence-corrected chi connectivity index (χ0v) is 18.3. The molecule has 1 amide bonds. The van der Waals surface area contributed by atoms with Crippen LogP contribution in [0.25, 0.3) is 22.3 Å². The van der Waals surface area contributed by atoms with Gasteiger partial charge in [-0.05, 0) is 38.1 Å². The Hall–Kier alpha value is -3.59. The van der Waals surface area contributed by atoms with Gasteiger partial charge in [0.2, 0.25) is 5.95 Å². The van der Waals surface area contributed by atoms with Gasteiger partial charge >= 0.3 is 0 Å². The minimum Gasteiger partial charge on any atom is -0.496 e. The van der Waals surface area contributed by atoms with Crippen LogP contribution >= 0.6 is 11.6 Å². The molecule has 31 heavy (non-hydrogen) atoms. The number of hydrogen-bond donors (Lipinski definition) is 3. The summed E-state index contributed by atoms with van der Waals surface area (Å²) in [5, 5.41) is 18.9. The molecule has 2 aromatic heterocycles. The molecule has 0 spiro atoms. The molecule has 9 nitrogen and oxygen atoms in total. The maximum absolute atomic E-state index is 12.4. The Labute approximate surface area is 183 Å². The van der Waals surface area contributed by atoms with Crippen molar-refractivity contribution in [1.82, 2.24) is 30.3 Å². The highest BCUT2D eigenvalue weighted by atomic mass is 35.5. The lowest BCUT2D eigenvalue weighted by Gasteiger charge is -2.12. The number of hydrogen-bond acceptors (Lipinski definition) is 6. The van der Waals surface area contributed by atoms with Gasteiger partial charge in [-0.2, -0.15) is 10.1 Å². The average Bonchev–Trinajstić information content (AvgIpc) is 3.34. The van der Waals surface area contributed by atoms with Gasteiger partial charge in [-0.25, -0.2) is 4.68 Å². The predicted molar refractivity (Wildman–Crippen MR) is 120 cm³/mol. The smallest absolute Gasteiger partial charge is 0.255 e. The third kappa shape index (κ3) is 4.17. The summed E-state index contributed by atoms with van der Waals surface area (Å²) in [6.45, 7) is 3.81. The molecule has 160 valence electrons. The summed E-state index contributed by atoms with van der Waals surface area (Å²) in [7, 11) is 3.32. The number of nitrogens with zero attached hydrogens (tertiary/aromatic N) is 4. The summed E-state index contributed by atoms with van der Waals surface area (Å²) in [6, 6.07) is 9.00. The number of carbonyl (C=O) groups is 1. The fraction of sp³-hybridized carbons (Fsp3) is 0.238. The average molecular weight is 440 g/mol. The number of rotatable bonds is 6. The number of aromatic nitrogens is 5. The van der Waals surface area contributed by atoms with Crippen molar-refractivity contribution >= 4 is 40.0 Å². The van der Waals surface area contributed by atoms with Crippen molar-refractivity contribution in [3.8, 4) is 17.1 Å². The number of H-pyrrole nitrogens is 1. The van der Waals surface area contributed by atoms with Gasteiger partial charge in [0, 0.05) is 29.7 Å². The SMILES string of the molecule is COc1cc(-c2nc(Nc3cc(Cl)c4[nH]ncc4c3)n(C)n2)ccc1C(=O)NC(C)C. The van der Waals surface area contributed by atoms with Crippen molar-refractivity contribution in [3.05, 3.63) is 47.1 Å². The first kappa shape index (κ1) is 20.7. The van der Waals surface area contributed by atoms with Crippen molar-refractivity contribution in [1.29, 1.82) is 0 Å². The van der Waals surface area contributed by atoms with E-state index in [1.807, 2.05) is 19.9 Å². The molecule has 2 heterocycles. The third-order valence-electron chi connectivity index (χ3n) is 4.64. The third-order valence-corrected chi connectivity index (χ3v) is 4.94. The number of methoxy groups -OCH3 is 1. The molecule has 2 aromatic carbocycles. The van der Waals surface area contributed by atoms with Gasteiger partial charge in [-0.3, -0.25) is 9.89 Å². The maximum atomic E-state index is 12.4. The van der Waals surface area contributed by atoms with Crippen LogP contribution in [0.15, 0.2) is 36.5 Å². The van der Waals surface area contributed by atoms with E-state index in [0.29, 0.717) is 28.1 Å². The van der Waals surface area contributed by atoms with Gasteiger partial charge in [-0.15, -0.1) is 5.10 Å². The summed E-state index contributed by atoms with van der Waals surface area (Å²) in [6.07, 6.45) is 1.71. The Bertz CT molecular complexity index is 1260. The molecule has 0 aliphatic carbocycles.